The molecule has 0 spiro atoms. The van der Waals surface area contributed by atoms with Gasteiger partial charge in [0, 0.05) is 13.2 Å². The number of hydrogen-bond donors (Lipinski definition) is 0. The first-order valence-corrected chi connectivity index (χ1v) is 6.21. The molecule has 0 radical (unpaired) electrons. The third-order valence-corrected chi connectivity index (χ3v) is 2.81. The van der Waals surface area contributed by atoms with Gasteiger partial charge in [-0.2, -0.15) is 0 Å². The molecule has 0 saturated heterocycles. The van der Waals surface area contributed by atoms with E-state index in [0.717, 1.165) is 21.4 Å². The highest BCUT2D eigenvalue weighted by molar-refractivity contribution is 5.88. The van der Waals surface area contributed by atoms with E-state index in [1.807, 2.05) is 0 Å². The number of esters is 1. The minimum Gasteiger partial charge on any atom is -0.462 e. The van der Waals surface area contributed by atoms with Crippen LogP contribution in [0, 0.1) is 5.82 Å². The largest absolute Gasteiger partial charge is 0.462 e. The molecule has 0 atom stereocenters. The van der Waals surface area contributed by atoms with Crippen molar-refractivity contribution >= 4 is 5.97 Å². The number of carbonyl (C=O) groups excluding carboxylic acids is 1. The second-order valence-corrected chi connectivity index (χ2v) is 4.28. The number of aromatic nitrogens is 2. The summed E-state index contributed by atoms with van der Waals surface area (Å²) in [6.45, 7) is 1.70. The van der Waals surface area contributed by atoms with Gasteiger partial charge in [0.2, 0.25) is 0 Å². The summed E-state index contributed by atoms with van der Waals surface area (Å²) >= 11 is 0. The van der Waals surface area contributed by atoms with Crippen LogP contribution in [0.1, 0.15) is 17.3 Å². The molecule has 0 unspecified atom stereocenters. The van der Waals surface area contributed by atoms with Gasteiger partial charge >= 0.3 is 11.7 Å². The van der Waals surface area contributed by atoms with Crippen molar-refractivity contribution in [2.45, 2.75) is 6.92 Å². The predicted octanol–water partition coefficient (Wildman–Crippen LogP) is 0.852. The molecule has 21 heavy (non-hydrogen) atoms. The summed E-state index contributed by atoms with van der Waals surface area (Å²) in [6, 6.07) is 5.00. The summed E-state index contributed by atoms with van der Waals surface area (Å²) in [4.78, 5) is 36.1. The molecular weight excluding hydrogens is 279 g/mol. The van der Waals surface area contributed by atoms with Gasteiger partial charge < -0.3 is 9.30 Å². The number of ether oxygens (including phenoxy) is 1. The lowest BCUT2D eigenvalue weighted by Gasteiger charge is -2.09. The zero-order valence-corrected chi connectivity index (χ0v) is 11.5. The molecule has 0 aliphatic rings. The van der Waals surface area contributed by atoms with Crippen LogP contribution in [0.5, 0.6) is 0 Å². The lowest BCUT2D eigenvalue weighted by molar-refractivity contribution is 0.0522. The lowest BCUT2D eigenvalue weighted by atomic mass is 10.3. The molecular formula is C14H13FN2O4. The van der Waals surface area contributed by atoms with Gasteiger partial charge in [0.05, 0.1) is 12.3 Å². The normalized spacial score (nSPS) is 10.4. The number of benzene rings is 1. The summed E-state index contributed by atoms with van der Waals surface area (Å²) in [5, 5.41) is 0. The zero-order chi connectivity index (χ0) is 15.6. The average Bonchev–Trinajstić information content (AvgIpc) is 2.43. The standard InChI is InChI=1S/C14H13FN2O4/c1-3-21-13(19)11-8-16(2)14(20)17(12(11)18)10-6-4-5-9(15)7-10/h4-8H,3H2,1-2H3. The second-order valence-electron chi connectivity index (χ2n) is 4.28. The summed E-state index contributed by atoms with van der Waals surface area (Å²) in [5.74, 6) is -1.42. The second kappa shape index (κ2) is 5.74. The van der Waals surface area contributed by atoms with Gasteiger partial charge in [0.25, 0.3) is 5.56 Å². The Morgan fingerprint density at radius 2 is 2.05 bits per heavy atom. The van der Waals surface area contributed by atoms with Gasteiger partial charge in [-0.25, -0.2) is 18.5 Å². The van der Waals surface area contributed by atoms with Crippen molar-refractivity contribution in [1.82, 2.24) is 9.13 Å². The summed E-state index contributed by atoms with van der Waals surface area (Å²) in [7, 11) is 1.39. The van der Waals surface area contributed by atoms with E-state index in [2.05, 4.69) is 0 Å². The van der Waals surface area contributed by atoms with E-state index in [1.54, 1.807) is 6.92 Å². The fraction of sp³-hybridized carbons (Fsp3) is 0.214. The van der Waals surface area contributed by atoms with E-state index in [-0.39, 0.29) is 17.9 Å². The zero-order valence-electron chi connectivity index (χ0n) is 11.5. The van der Waals surface area contributed by atoms with Crippen LogP contribution in [-0.2, 0) is 11.8 Å². The molecule has 0 amide bonds. The quantitative estimate of drug-likeness (QED) is 0.786. The van der Waals surface area contributed by atoms with Crippen LogP contribution in [0.2, 0.25) is 0 Å². The molecule has 1 aromatic heterocycles. The number of carbonyl (C=O) groups is 1. The van der Waals surface area contributed by atoms with Crippen LogP contribution in [0.4, 0.5) is 4.39 Å². The van der Waals surface area contributed by atoms with Crippen LogP contribution >= 0.6 is 0 Å². The van der Waals surface area contributed by atoms with Crippen molar-refractivity contribution in [3.63, 3.8) is 0 Å². The van der Waals surface area contributed by atoms with Gasteiger partial charge in [-0.15, -0.1) is 0 Å². The van der Waals surface area contributed by atoms with E-state index in [4.69, 9.17) is 4.74 Å². The van der Waals surface area contributed by atoms with Crippen molar-refractivity contribution in [2.75, 3.05) is 6.61 Å². The van der Waals surface area contributed by atoms with Crippen LogP contribution in [-0.4, -0.2) is 21.7 Å². The van der Waals surface area contributed by atoms with Crippen molar-refractivity contribution in [3.05, 3.63) is 62.7 Å². The third-order valence-electron chi connectivity index (χ3n) is 2.81. The molecule has 0 fully saturated rings. The van der Waals surface area contributed by atoms with Crippen LogP contribution in [0.25, 0.3) is 5.69 Å². The van der Waals surface area contributed by atoms with E-state index in [1.165, 1.54) is 25.2 Å². The number of hydrogen-bond acceptors (Lipinski definition) is 4. The first-order valence-electron chi connectivity index (χ1n) is 6.21. The topological polar surface area (TPSA) is 70.3 Å². The molecule has 0 aliphatic heterocycles. The first kappa shape index (κ1) is 14.7. The maximum Gasteiger partial charge on any atom is 0.345 e. The van der Waals surface area contributed by atoms with E-state index in [9.17, 15) is 18.8 Å². The Hall–Kier alpha value is -2.70. The van der Waals surface area contributed by atoms with E-state index in [0.29, 0.717) is 0 Å². The van der Waals surface area contributed by atoms with Crippen molar-refractivity contribution in [2.24, 2.45) is 7.05 Å². The van der Waals surface area contributed by atoms with Gasteiger partial charge in [-0.05, 0) is 25.1 Å². The summed E-state index contributed by atoms with van der Waals surface area (Å²) < 4.78 is 19.9. The average molecular weight is 292 g/mol. The maximum atomic E-state index is 13.3. The highest BCUT2D eigenvalue weighted by Crippen LogP contribution is 2.06. The summed E-state index contributed by atoms with van der Waals surface area (Å²) in [6.07, 6.45) is 1.11. The number of halogens is 1. The molecule has 2 aromatic rings. The Bertz CT molecular complexity index is 807. The van der Waals surface area contributed by atoms with Crippen LogP contribution < -0.4 is 11.2 Å². The van der Waals surface area contributed by atoms with Crippen molar-refractivity contribution < 1.29 is 13.9 Å². The number of nitrogens with zero attached hydrogens (tertiary/aromatic N) is 2. The van der Waals surface area contributed by atoms with E-state index >= 15 is 0 Å². The van der Waals surface area contributed by atoms with Crippen LogP contribution in [0.15, 0.2) is 40.1 Å². The molecule has 1 heterocycles. The molecule has 0 saturated carbocycles. The lowest BCUT2D eigenvalue weighted by Crippen LogP contribution is -2.40. The smallest absolute Gasteiger partial charge is 0.345 e. The molecule has 0 aliphatic carbocycles. The Labute approximate surface area is 119 Å². The highest BCUT2D eigenvalue weighted by Gasteiger charge is 2.18. The molecule has 110 valence electrons. The Balaban J connectivity index is 2.74. The molecule has 6 nitrogen and oxygen atoms in total. The maximum absolute atomic E-state index is 13.3. The molecule has 2 rings (SSSR count). The summed E-state index contributed by atoms with van der Waals surface area (Å²) in [5.41, 5.74) is -1.77. The van der Waals surface area contributed by atoms with Crippen molar-refractivity contribution in [3.8, 4) is 5.69 Å². The highest BCUT2D eigenvalue weighted by atomic mass is 19.1. The van der Waals surface area contributed by atoms with Gasteiger partial charge in [-0.3, -0.25) is 4.79 Å². The molecule has 1 aromatic carbocycles. The van der Waals surface area contributed by atoms with Gasteiger partial charge in [-0.1, -0.05) is 6.07 Å². The van der Waals surface area contributed by atoms with Gasteiger partial charge in [0.15, 0.2) is 0 Å². The monoisotopic (exact) mass is 292 g/mol. The Morgan fingerprint density at radius 3 is 2.67 bits per heavy atom. The fourth-order valence-corrected chi connectivity index (χ4v) is 1.86. The minimum absolute atomic E-state index is 0.0479. The first-order chi connectivity index (χ1) is 9.95. The SMILES string of the molecule is CCOC(=O)c1cn(C)c(=O)n(-c2cccc(F)c2)c1=O. The minimum atomic E-state index is -0.845. The van der Waals surface area contributed by atoms with E-state index < -0.39 is 23.0 Å². The third kappa shape index (κ3) is 2.76. The Morgan fingerprint density at radius 1 is 1.33 bits per heavy atom. The predicted molar refractivity (Wildman–Crippen MR) is 73.2 cm³/mol. The van der Waals surface area contributed by atoms with Crippen molar-refractivity contribution in [1.29, 1.82) is 0 Å². The Kier molecular flexibility index (Phi) is 4.02. The molecule has 7 heteroatoms. The number of aryl methyl sites for hydroxylation is 1. The van der Waals surface area contributed by atoms with Crippen LogP contribution in [0.3, 0.4) is 0 Å². The molecule has 0 N–H and O–H groups in total. The van der Waals surface area contributed by atoms with Gasteiger partial charge in [0.1, 0.15) is 11.4 Å². The fourth-order valence-electron chi connectivity index (χ4n) is 1.86. The number of rotatable bonds is 3. The molecule has 0 bridgehead atoms.